The fourth-order valence-electron chi connectivity index (χ4n) is 1.22. The summed E-state index contributed by atoms with van der Waals surface area (Å²) in [5, 5.41) is 19.4. The van der Waals surface area contributed by atoms with Crippen molar-refractivity contribution in [3.8, 4) is 5.75 Å². The number of aromatic nitrogens is 2. The van der Waals surface area contributed by atoms with Crippen LogP contribution in [0.3, 0.4) is 0 Å². The fourth-order valence-corrected chi connectivity index (χ4v) is 1.50. The summed E-state index contributed by atoms with van der Waals surface area (Å²) in [5.74, 6) is -0.498. The molecule has 0 aliphatic heterocycles. The molecule has 0 saturated heterocycles. The number of aromatic hydroxyl groups is 1. The predicted octanol–water partition coefficient (Wildman–Crippen LogP) is 2.74. The van der Waals surface area contributed by atoms with Crippen molar-refractivity contribution in [3.05, 3.63) is 46.2 Å². The smallest absolute Gasteiger partial charge is 0.276 e. The van der Waals surface area contributed by atoms with Gasteiger partial charge < -0.3 is 10.4 Å². The van der Waals surface area contributed by atoms with Gasteiger partial charge in [-0.3, -0.25) is 4.79 Å². The van der Waals surface area contributed by atoms with Crippen LogP contribution in [-0.2, 0) is 0 Å². The number of rotatable bonds is 2. The second-order valence-electron chi connectivity index (χ2n) is 3.36. The summed E-state index contributed by atoms with van der Waals surface area (Å²) < 4.78 is 0. The molecule has 1 aromatic carbocycles. The van der Waals surface area contributed by atoms with Crippen LogP contribution in [0.5, 0.6) is 5.75 Å². The van der Waals surface area contributed by atoms with Gasteiger partial charge in [-0.1, -0.05) is 23.2 Å². The van der Waals surface area contributed by atoms with E-state index in [4.69, 9.17) is 23.2 Å². The number of anilines is 1. The molecule has 0 radical (unpaired) electrons. The lowest BCUT2D eigenvalue weighted by Crippen LogP contribution is -2.14. The molecule has 0 aliphatic carbocycles. The maximum atomic E-state index is 11.8. The van der Waals surface area contributed by atoms with E-state index in [0.29, 0.717) is 5.69 Å². The first-order valence-corrected chi connectivity index (χ1v) is 5.61. The van der Waals surface area contributed by atoms with Gasteiger partial charge in [0.15, 0.2) is 10.8 Å². The number of carbonyl (C=O) groups is 1. The highest BCUT2D eigenvalue weighted by Crippen LogP contribution is 2.26. The Kier molecular flexibility index (Phi) is 3.64. The summed E-state index contributed by atoms with van der Waals surface area (Å²) in [6.45, 7) is 0. The van der Waals surface area contributed by atoms with Crippen molar-refractivity contribution in [2.24, 2.45) is 0 Å². The highest BCUT2D eigenvalue weighted by Gasteiger charge is 2.09. The van der Waals surface area contributed by atoms with E-state index in [2.05, 4.69) is 15.5 Å². The van der Waals surface area contributed by atoms with Crippen molar-refractivity contribution in [1.29, 1.82) is 0 Å². The minimum atomic E-state index is -0.444. The Balaban J connectivity index is 2.16. The summed E-state index contributed by atoms with van der Waals surface area (Å²) >= 11 is 11.3. The van der Waals surface area contributed by atoms with Crippen LogP contribution in [0.2, 0.25) is 10.2 Å². The van der Waals surface area contributed by atoms with Gasteiger partial charge in [-0.25, -0.2) is 0 Å². The molecule has 2 aromatic rings. The quantitative estimate of drug-likeness (QED) is 0.831. The van der Waals surface area contributed by atoms with E-state index < -0.39 is 5.91 Å². The van der Waals surface area contributed by atoms with Crippen LogP contribution in [0.4, 0.5) is 5.69 Å². The van der Waals surface area contributed by atoms with E-state index >= 15 is 0 Å². The first-order chi connectivity index (χ1) is 8.56. The third-order valence-corrected chi connectivity index (χ3v) is 2.57. The summed E-state index contributed by atoms with van der Waals surface area (Å²) in [6, 6.07) is 7.24. The van der Waals surface area contributed by atoms with Crippen LogP contribution in [0.1, 0.15) is 10.5 Å². The molecule has 1 amide bonds. The zero-order valence-corrected chi connectivity index (χ0v) is 10.4. The zero-order chi connectivity index (χ0) is 13.1. The van der Waals surface area contributed by atoms with Crippen LogP contribution in [0.25, 0.3) is 0 Å². The van der Waals surface area contributed by atoms with Crippen LogP contribution < -0.4 is 5.32 Å². The molecule has 7 heteroatoms. The second kappa shape index (κ2) is 5.20. The topological polar surface area (TPSA) is 75.1 Å². The van der Waals surface area contributed by atoms with Gasteiger partial charge in [-0.15, -0.1) is 10.2 Å². The molecule has 1 heterocycles. The number of carbonyl (C=O) groups excluding carboxylic acids is 1. The van der Waals surface area contributed by atoms with Crippen molar-refractivity contribution >= 4 is 34.8 Å². The van der Waals surface area contributed by atoms with E-state index in [1.54, 1.807) is 0 Å². The Labute approximate surface area is 112 Å². The highest BCUT2D eigenvalue weighted by molar-refractivity contribution is 6.32. The summed E-state index contributed by atoms with van der Waals surface area (Å²) in [4.78, 5) is 11.8. The molecule has 5 nitrogen and oxygen atoms in total. The molecule has 0 spiro atoms. The molecule has 0 bridgehead atoms. The third-order valence-electron chi connectivity index (χ3n) is 2.07. The lowest BCUT2D eigenvalue weighted by atomic mass is 10.3. The molecule has 0 fully saturated rings. The molecule has 0 unspecified atom stereocenters. The number of benzene rings is 1. The Morgan fingerprint density at radius 3 is 2.56 bits per heavy atom. The average Bonchev–Trinajstić information content (AvgIpc) is 2.34. The van der Waals surface area contributed by atoms with Gasteiger partial charge in [0.2, 0.25) is 0 Å². The number of hydrogen-bond acceptors (Lipinski definition) is 4. The van der Waals surface area contributed by atoms with Crippen LogP contribution >= 0.6 is 23.2 Å². The largest absolute Gasteiger partial charge is 0.506 e. The third kappa shape index (κ3) is 2.88. The lowest BCUT2D eigenvalue weighted by Gasteiger charge is -2.05. The summed E-state index contributed by atoms with van der Waals surface area (Å²) in [7, 11) is 0. The van der Waals surface area contributed by atoms with Crippen LogP contribution in [-0.4, -0.2) is 21.2 Å². The van der Waals surface area contributed by atoms with Gasteiger partial charge >= 0.3 is 0 Å². The number of nitrogens with zero attached hydrogens (tertiary/aromatic N) is 2. The van der Waals surface area contributed by atoms with Crippen molar-refractivity contribution in [2.75, 3.05) is 5.32 Å². The number of phenolic OH excluding ortho intramolecular Hbond substituents is 1. The van der Waals surface area contributed by atoms with Crippen molar-refractivity contribution in [1.82, 2.24) is 10.2 Å². The Morgan fingerprint density at radius 2 is 1.94 bits per heavy atom. The number of nitrogens with one attached hydrogen (secondary N) is 1. The Bertz CT molecular complexity index is 587. The normalized spacial score (nSPS) is 10.1. The van der Waals surface area contributed by atoms with Crippen LogP contribution in [0.15, 0.2) is 30.3 Å². The van der Waals surface area contributed by atoms with Gasteiger partial charge in [0.25, 0.3) is 5.91 Å². The molecule has 18 heavy (non-hydrogen) atoms. The molecule has 0 aliphatic rings. The molecule has 92 valence electrons. The van der Waals surface area contributed by atoms with Gasteiger partial charge in [0.05, 0.1) is 5.02 Å². The van der Waals surface area contributed by atoms with Gasteiger partial charge in [-0.05, 0) is 30.3 Å². The number of hydrogen-bond donors (Lipinski definition) is 2. The fraction of sp³-hybridized carbons (Fsp3) is 0. The lowest BCUT2D eigenvalue weighted by molar-refractivity contribution is 0.102. The Morgan fingerprint density at radius 1 is 1.17 bits per heavy atom. The van der Waals surface area contributed by atoms with E-state index in [1.807, 2.05) is 0 Å². The van der Waals surface area contributed by atoms with Gasteiger partial charge in [0, 0.05) is 5.69 Å². The van der Waals surface area contributed by atoms with Crippen molar-refractivity contribution < 1.29 is 9.90 Å². The van der Waals surface area contributed by atoms with Gasteiger partial charge in [0.1, 0.15) is 5.75 Å². The predicted molar refractivity (Wildman–Crippen MR) is 68.1 cm³/mol. The van der Waals surface area contributed by atoms with E-state index in [9.17, 15) is 9.90 Å². The summed E-state index contributed by atoms with van der Waals surface area (Å²) in [6.07, 6.45) is 0. The summed E-state index contributed by atoms with van der Waals surface area (Å²) in [5.41, 5.74) is 0.572. The second-order valence-corrected chi connectivity index (χ2v) is 4.16. The van der Waals surface area contributed by atoms with E-state index in [0.717, 1.165) is 0 Å². The van der Waals surface area contributed by atoms with E-state index in [1.165, 1.54) is 30.3 Å². The zero-order valence-electron chi connectivity index (χ0n) is 8.89. The maximum absolute atomic E-state index is 11.8. The number of amides is 1. The van der Waals surface area contributed by atoms with Gasteiger partial charge in [-0.2, -0.15) is 0 Å². The van der Waals surface area contributed by atoms with E-state index in [-0.39, 0.29) is 21.6 Å². The molecule has 2 rings (SSSR count). The molecular formula is C11H7Cl2N3O2. The van der Waals surface area contributed by atoms with Crippen molar-refractivity contribution in [3.63, 3.8) is 0 Å². The SMILES string of the molecule is O=C(Nc1ccc(O)c(Cl)c1)c1ccc(Cl)nn1. The molecule has 2 N–H and O–H groups in total. The standard InChI is InChI=1S/C11H7Cl2N3O2/c12-7-5-6(1-3-9(7)17)14-11(18)8-2-4-10(13)16-15-8/h1-5,17H,(H,14,18). The minimum absolute atomic E-state index is 0.0547. The Hall–Kier alpha value is -1.85. The minimum Gasteiger partial charge on any atom is -0.506 e. The average molecular weight is 284 g/mol. The molecule has 0 saturated carbocycles. The maximum Gasteiger partial charge on any atom is 0.276 e. The molecule has 1 aromatic heterocycles. The highest BCUT2D eigenvalue weighted by atomic mass is 35.5. The molecular weight excluding hydrogens is 277 g/mol. The molecule has 0 atom stereocenters. The first kappa shape index (κ1) is 12.6. The van der Waals surface area contributed by atoms with Crippen LogP contribution in [0, 0.1) is 0 Å². The first-order valence-electron chi connectivity index (χ1n) is 4.85. The number of halogens is 2. The number of phenols is 1. The monoisotopic (exact) mass is 283 g/mol. The van der Waals surface area contributed by atoms with Crippen molar-refractivity contribution in [2.45, 2.75) is 0 Å².